The van der Waals surface area contributed by atoms with E-state index in [1.165, 1.54) is 0 Å². The molecule has 6 nitrogen and oxygen atoms in total. The Labute approximate surface area is 142 Å². The molecule has 0 saturated carbocycles. The SMILES string of the molecule is CCNC(=NCCS(=O)C(C)(C)C)NC1CCN(C(=O)CC)C1. The molecule has 1 heterocycles. The number of aliphatic imine (C=N–C) groups is 1. The first-order valence-electron chi connectivity index (χ1n) is 8.49. The molecule has 0 spiro atoms. The summed E-state index contributed by atoms with van der Waals surface area (Å²) in [5, 5.41) is 6.60. The minimum Gasteiger partial charge on any atom is -0.357 e. The van der Waals surface area contributed by atoms with Gasteiger partial charge in [-0.3, -0.25) is 14.0 Å². The topological polar surface area (TPSA) is 73.8 Å². The van der Waals surface area contributed by atoms with Gasteiger partial charge in [0.15, 0.2) is 5.96 Å². The Balaban J connectivity index is 2.50. The molecule has 1 rings (SSSR count). The highest BCUT2D eigenvalue weighted by Gasteiger charge is 2.25. The molecule has 0 aromatic carbocycles. The number of nitrogens with zero attached hydrogens (tertiary/aromatic N) is 2. The first-order valence-corrected chi connectivity index (χ1v) is 9.80. The van der Waals surface area contributed by atoms with E-state index >= 15 is 0 Å². The largest absolute Gasteiger partial charge is 0.357 e. The Bertz CT molecular complexity index is 446. The van der Waals surface area contributed by atoms with Crippen LogP contribution in [0.1, 0.15) is 47.5 Å². The fourth-order valence-corrected chi connectivity index (χ4v) is 3.26. The van der Waals surface area contributed by atoms with E-state index < -0.39 is 10.8 Å². The summed E-state index contributed by atoms with van der Waals surface area (Å²) in [5.41, 5.74) is 0. The van der Waals surface area contributed by atoms with Crippen molar-refractivity contribution in [3.05, 3.63) is 0 Å². The van der Waals surface area contributed by atoms with Crippen LogP contribution in [-0.4, -0.2) is 63.7 Å². The lowest BCUT2D eigenvalue weighted by Crippen LogP contribution is -2.45. The van der Waals surface area contributed by atoms with Crippen molar-refractivity contribution in [1.29, 1.82) is 0 Å². The number of guanidine groups is 1. The Hall–Kier alpha value is -1.11. The second kappa shape index (κ2) is 9.25. The van der Waals surface area contributed by atoms with Gasteiger partial charge in [-0.15, -0.1) is 0 Å². The van der Waals surface area contributed by atoms with E-state index in [-0.39, 0.29) is 16.7 Å². The van der Waals surface area contributed by atoms with Crippen molar-refractivity contribution in [2.45, 2.75) is 58.2 Å². The molecule has 23 heavy (non-hydrogen) atoms. The molecule has 1 fully saturated rings. The molecule has 2 unspecified atom stereocenters. The summed E-state index contributed by atoms with van der Waals surface area (Å²) in [6.07, 6.45) is 1.49. The number of hydrogen-bond donors (Lipinski definition) is 2. The van der Waals surface area contributed by atoms with Gasteiger partial charge < -0.3 is 15.5 Å². The average molecular weight is 345 g/mol. The first-order chi connectivity index (χ1) is 10.8. The third-order valence-electron chi connectivity index (χ3n) is 3.76. The van der Waals surface area contributed by atoms with Crippen LogP contribution in [0.4, 0.5) is 0 Å². The monoisotopic (exact) mass is 344 g/mol. The average Bonchev–Trinajstić information content (AvgIpc) is 2.94. The molecule has 2 atom stereocenters. The summed E-state index contributed by atoms with van der Waals surface area (Å²) in [5.74, 6) is 1.51. The fourth-order valence-electron chi connectivity index (χ4n) is 2.39. The molecule has 1 amide bonds. The molecular formula is C16H32N4O2S. The second-order valence-corrected chi connectivity index (χ2v) is 9.07. The van der Waals surface area contributed by atoms with Crippen LogP contribution in [0.3, 0.4) is 0 Å². The number of carbonyl (C=O) groups is 1. The van der Waals surface area contributed by atoms with E-state index in [0.29, 0.717) is 18.7 Å². The van der Waals surface area contributed by atoms with Crippen LogP contribution in [0.5, 0.6) is 0 Å². The predicted molar refractivity (Wildman–Crippen MR) is 97.2 cm³/mol. The van der Waals surface area contributed by atoms with Gasteiger partial charge in [0.05, 0.1) is 6.54 Å². The third kappa shape index (κ3) is 6.89. The molecule has 0 bridgehead atoms. The van der Waals surface area contributed by atoms with Gasteiger partial charge in [0.1, 0.15) is 0 Å². The molecule has 0 aromatic rings. The Kier molecular flexibility index (Phi) is 8.02. The second-order valence-electron chi connectivity index (χ2n) is 6.75. The lowest BCUT2D eigenvalue weighted by Gasteiger charge is -2.19. The van der Waals surface area contributed by atoms with Gasteiger partial charge in [0.2, 0.25) is 5.91 Å². The standard InChI is InChI=1S/C16H32N4O2S/c1-6-14(21)20-10-8-13(12-20)19-15(17-7-2)18-9-11-23(22)16(3,4)5/h13H,6-12H2,1-5H3,(H2,17,18,19). The van der Waals surface area contributed by atoms with E-state index in [1.54, 1.807) is 0 Å². The minimum atomic E-state index is -0.890. The van der Waals surface area contributed by atoms with Gasteiger partial charge in [-0.1, -0.05) is 6.92 Å². The molecule has 2 N–H and O–H groups in total. The van der Waals surface area contributed by atoms with Gasteiger partial charge >= 0.3 is 0 Å². The van der Waals surface area contributed by atoms with Crippen molar-refractivity contribution < 1.29 is 9.00 Å². The van der Waals surface area contributed by atoms with Crippen molar-refractivity contribution in [3.8, 4) is 0 Å². The summed E-state index contributed by atoms with van der Waals surface area (Å²) in [6.45, 7) is 12.7. The first kappa shape index (κ1) is 19.9. The van der Waals surface area contributed by atoms with Gasteiger partial charge in [-0.2, -0.15) is 0 Å². The van der Waals surface area contributed by atoms with Crippen molar-refractivity contribution in [3.63, 3.8) is 0 Å². The Morgan fingerprint density at radius 2 is 2.04 bits per heavy atom. The number of carbonyl (C=O) groups excluding carboxylic acids is 1. The molecule has 0 aromatic heterocycles. The van der Waals surface area contributed by atoms with Crippen LogP contribution in [0.25, 0.3) is 0 Å². The van der Waals surface area contributed by atoms with Gasteiger partial charge in [0, 0.05) is 53.4 Å². The summed E-state index contributed by atoms with van der Waals surface area (Å²) < 4.78 is 11.9. The molecule has 1 aliphatic heterocycles. The number of rotatable bonds is 6. The van der Waals surface area contributed by atoms with Gasteiger partial charge in [-0.25, -0.2) is 0 Å². The highest BCUT2D eigenvalue weighted by atomic mass is 32.2. The molecule has 1 aliphatic rings. The molecule has 0 aliphatic carbocycles. The molecule has 7 heteroatoms. The van der Waals surface area contributed by atoms with Gasteiger partial charge in [0.25, 0.3) is 0 Å². The summed E-state index contributed by atoms with van der Waals surface area (Å²) in [4.78, 5) is 18.1. The van der Waals surface area contributed by atoms with Crippen LogP contribution in [0, 0.1) is 0 Å². The van der Waals surface area contributed by atoms with Crippen molar-refractivity contribution in [2.75, 3.05) is 31.9 Å². The Morgan fingerprint density at radius 3 is 2.61 bits per heavy atom. The Morgan fingerprint density at radius 1 is 1.35 bits per heavy atom. The molecule has 0 radical (unpaired) electrons. The summed E-state index contributed by atoms with van der Waals surface area (Å²) >= 11 is 0. The maximum atomic E-state index is 12.1. The van der Waals surface area contributed by atoms with Crippen molar-refractivity contribution in [1.82, 2.24) is 15.5 Å². The van der Waals surface area contributed by atoms with Gasteiger partial charge in [-0.05, 0) is 34.1 Å². The van der Waals surface area contributed by atoms with E-state index in [2.05, 4.69) is 15.6 Å². The normalized spacial score (nSPS) is 20.5. The van der Waals surface area contributed by atoms with Crippen molar-refractivity contribution >= 4 is 22.7 Å². The maximum Gasteiger partial charge on any atom is 0.222 e. The van der Waals surface area contributed by atoms with Crippen LogP contribution in [0.2, 0.25) is 0 Å². The summed E-state index contributed by atoms with van der Waals surface area (Å²) in [6, 6.07) is 0.233. The zero-order valence-electron chi connectivity index (χ0n) is 15.1. The minimum absolute atomic E-state index is 0.201. The third-order valence-corrected chi connectivity index (χ3v) is 5.68. The lowest BCUT2D eigenvalue weighted by atomic mass is 10.3. The molecule has 134 valence electrons. The molecule has 1 saturated heterocycles. The van der Waals surface area contributed by atoms with E-state index in [1.807, 2.05) is 39.5 Å². The molecular weight excluding hydrogens is 312 g/mol. The van der Waals surface area contributed by atoms with Crippen molar-refractivity contribution in [2.24, 2.45) is 4.99 Å². The van der Waals surface area contributed by atoms with E-state index in [0.717, 1.165) is 32.0 Å². The predicted octanol–water partition coefficient (Wildman–Crippen LogP) is 1.10. The highest BCUT2D eigenvalue weighted by Crippen LogP contribution is 2.11. The fraction of sp³-hybridized carbons (Fsp3) is 0.875. The van der Waals surface area contributed by atoms with Crippen LogP contribution < -0.4 is 10.6 Å². The highest BCUT2D eigenvalue weighted by molar-refractivity contribution is 7.86. The summed E-state index contributed by atoms with van der Waals surface area (Å²) in [7, 11) is -0.890. The van der Waals surface area contributed by atoms with Crippen LogP contribution >= 0.6 is 0 Å². The maximum absolute atomic E-state index is 12.1. The quantitative estimate of drug-likeness (QED) is 0.559. The number of likely N-dealkylation sites (tertiary alicyclic amines) is 1. The van der Waals surface area contributed by atoms with Crippen LogP contribution in [-0.2, 0) is 15.6 Å². The number of amides is 1. The zero-order valence-corrected chi connectivity index (χ0v) is 16.0. The number of nitrogens with one attached hydrogen (secondary N) is 2. The lowest BCUT2D eigenvalue weighted by molar-refractivity contribution is -0.129. The number of hydrogen-bond acceptors (Lipinski definition) is 3. The smallest absolute Gasteiger partial charge is 0.222 e. The van der Waals surface area contributed by atoms with E-state index in [4.69, 9.17) is 0 Å². The van der Waals surface area contributed by atoms with Crippen LogP contribution in [0.15, 0.2) is 4.99 Å². The zero-order chi connectivity index (χ0) is 17.5. The van der Waals surface area contributed by atoms with E-state index in [9.17, 15) is 9.00 Å².